The first-order valence-electron chi connectivity index (χ1n) is 8.06. The summed E-state index contributed by atoms with van der Waals surface area (Å²) in [5.41, 5.74) is 1.15. The lowest BCUT2D eigenvalue weighted by Gasteiger charge is -2.40. The molecule has 1 aromatic carbocycles. The summed E-state index contributed by atoms with van der Waals surface area (Å²) in [6, 6.07) is 9.70. The summed E-state index contributed by atoms with van der Waals surface area (Å²) in [4.78, 5) is 2.00. The normalized spacial score (nSPS) is 35.5. The quantitative estimate of drug-likeness (QED) is 0.686. The first kappa shape index (κ1) is 15.9. The van der Waals surface area contributed by atoms with Gasteiger partial charge >= 0.3 is 0 Å². The van der Waals surface area contributed by atoms with Crippen molar-refractivity contribution in [2.24, 2.45) is 5.92 Å². The third-order valence-electron chi connectivity index (χ3n) is 4.95. The van der Waals surface area contributed by atoms with Crippen molar-refractivity contribution >= 4 is 0 Å². The predicted octanol–water partition coefficient (Wildman–Crippen LogP) is 0.380. The molecule has 2 heterocycles. The third-order valence-corrected chi connectivity index (χ3v) is 4.95. The molecule has 0 bridgehead atoms. The number of ether oxygens (including phenoxy) is 1. The van der Waals surface area contributed by atoms with E-state index in [4.69, 9.17) is 4.74 Å². The van der Waals surface area contributed by atoms with Crippen molar-refractivity contribution in [2.45, 2.75) is 43.8 Å². The lowest BCUT2D eigenvalue weighted by molar-refractivity contribution is -0.0635. The standard InChI is InChI=1S/C17H25NO4/c19-14-10-18-8-6-13(16(20)15(18)17(14)21)7-9-22-11-12-4-2-1-3-5-12/h1-5,13-17,19-21H,6-11H2/t13-,14?,15-,16-,17+/m0/s1. The Morgan fingerprint density at radius 1 is 1.09 bits per heavy atom. The van der Waals surface area contributed by atoms with Gasteiger partial charge in [0.2, 0.25) is 0 Å². The molecule has 2 fully saturated rings. The SMILES string of the molecule is OC1CN2CC[C@@H](CCOCc3ccccc3)[C@H](O)[C@H]2[C@@H]1O. The minimum atomic E-state index is -0.844. The van der Waals surface area contributed by atoms with Crippen molar-refractivity contribution in [3.63, 3.8) is 0 Å². The first-order chi connectivity index (χ1) is 10.7. The topological polar surface area (TPSA) is 73.2 Å². The highest BCUT2D eigenvalue weighted by molar-refractivity contribution is 5.13. The summed E-state index contributed by atoms with van der Waals surface area (Å²) in [6.45, 7) is 2.46. The molecule has 3 N–H and O–H groups in total. The molecular weight excluding hydrogens is 282 g/mol. The second-order valence-electron chi connectivity index (χ2n) is 6.41. The van der Waals surface area contributed by atoms with Crippen molar-refractivity contribution in [3.8, 4) is 0 Å². The maximum absolute atomic E-state index is 10.5. The van der Waals surface area contributed by atoms with Crippen molar-refractivity contribution in [2.75, 3.05) is 19.7 Å². The Bertz CT molecular complexity index is 469. The fourth-order valence-corrected chi connectivity index (χ4v) is 3.67. The molecule has 0 aromatic heterocycles. The molecule has 2 aliphatic rings. The summed E-state index contributed by atoms with van der Waals surface area (Å²) in [7, 11) is 0. The van der Waals surface area contributed by atoms with Crippen LogP contribution in [0.15, 0.2) is 30.3 Å². The van der Waals surface area contributed by atoms with Gasteiger partial charge in [-0.15, -0.1) is 0 Å². The van der Waals surface area contributed by atoms with E-state index in [1.54, 1.807) is 0 Å². The number of aliphatic hydroxyl groups is 3. The number of hydrogen-bond donors (Lipinski definition) is 3. The molecule has 5 nitrogen and oxygen atoms in total. The monoisotopic (exact) mass is 307 g/mol. The first-order valence-corrected chi connectivity index (χ1v) is 8.06. The number of nitrogens with zero attached hydrogens (tertiary/aromatic N) is 1. The molecule has 1 unspecified atom stereocenters. The van der Waals surface area contributed by atoms with E-state index in [1.165, 1.54) is 0 Å². The van der Waals surface area contributed by atoms with Crippen molar-refractivity contribution < 1.29 is 20.1 Å². The van der Waals surface area contributed by atoms with Gasteiger partial charge in [-0.2, -0.15) is 0 Å². The molecule has 2 aliphatic heterocycles. The van der Waals surface area contributed by atoms with Crippen molar-refractivity contribution in [3.05, 3.63) is 35.9 Å². The molecule has 5 atom stereocenters. The van der Waals surface area contributed by atoms with Gasteiger partial charge in [0.05, 0.1) is 31.0 Å². The molecule has 122 valence electrons. The van der Waals surface area contributed by atoms with E-state index < -0.39 is 18.3 Å². The second-order valence-corrected chi connectivity index (χ2v) is 6.41. The van der Waals surface area contributed by atoms with Gasteiger partial charge in [-0.1, -0.05) is 30.3 Å². The van der Waals surface area contributed by atoms with E-state index in [1.807, 2.05) is 35.2 Å². The average molecular weight is 307 g/mol. The fourth-order valence-electron chi connectivity index (χ4n) is 3.67. The Labute approximate surface area is 131 Å². The maximum Gasteiger partial charge on any atom is 0.0991 e. The zero-order valence-corrected chi connectivity index (χ0v) is 12.7. The molecule has 2 saturated heterocycles. The van der Waals surface area contributed by atoms with E-state index in [2.05, 4.69) is 0 Å². The van der Waals surface area contributed by atoms with Crippen LogP contribution in [-0.4, -0.2) is 64.3 Å². The summed E-state index contributed by atoms with van der Waals surface area (Å²) in [5, 5.41) is 30.2. The number of aliphatic hydroxyl groups excluding tert-OH is 3. The van der Waals surface area contributed by atoms with Gasteiger partial charge in [-0.25, -0.2) is 0 Å². The molecule has 22 heavy (non-hydrogen) atoms. The van der Waals surface area contributed by atoms with Crippen molar-refractivity contribution in [1.82, 2.24) is 4.90 Å². The summed E-state index contributed by atoms with van der Waals surface area (Å²) in [5.74, 6) is 0.122. The van der Waals surface area contributed by atoms with Crippen molar-refractivity contribution in [1.29, 1.82) is 0 Å². The van der Waals surface area contributed by atoms with E-state index in [9.17, 15) is 15.3 Å². The summed E-state index contributed by atoms with van der Waals surface area (Å²) >= 11 is 0. The van der Waals surface area contributed by atoms with Gasteiger partial charge in [0.15, 0.2) is 0 Å². The highest BCUT2D eigenvalue weighted by atomic mass is 16.5. The number of rotatable bonds is 5. The Kier molecular flexibility index (Phi) is 5.10. The van der Waals surface area contributed by atoms with Crippen LogP contribution in [0.5, 0.6) is 0 Å². The van der Waals surface area contributed by atoms with Crippen LogP contribution >= 0.6 is 0 Å². The maximum atomic E-state index is 10.5. The van der Waals surface area contributed by atoms with Crippen LogP contribution < -0.4 is 0 Å². The fraction of sp³-hybridized carbons (Fsp3) is 0.647. The Balaban J connectivity index is 1.45. The summed E-state index contributed by atoms with van der Waals surface area (Å²) in [6.07, 6.45) is -0.524. The van der Waals surface area contributed by atoms with Gasteiger partial charge in [0.1, 0.15) is 0 Å². The van der Waals surface area contributed by atoms with Gasteiger partial charge in [0, 0.05) is 13.2 Å². The zero-order chi connectivity index (χ0) is 15.5. The van der Waals surface area contributed by atoms with Gasteiger partial charge in [-0.3, -0.25) is 4.90 Å². The molecule has 0 radical (unpaired) electrons. The van der Waals surface area contributed by atoms with Crippen LogP contribution in [0.3, 0.4) is 0 Å². The lowest BCUT2D eigenvalue weighted by Crippen LogP contribution is -2.53. The van der Waals surface area contributed by atoms with Crippen LogP contribution in [0, 0.1) is 5.92 Å². The van der Waals surface area contributed by atoms with Gasteiger partial charge in [-0.05, 0) is 30.9 Å². The minimum absolute atomic E-state index is 0.122. The lowest BCUT2D eigenvalue weighted by atomic mass is 9.85. The largest absolute Gasteiger partial charge is 0.391 e. The number of fused-ring (bicyclic) bond motifs is 1. The van der Waals surface area contributed by atoms with Crippen LogP contribution in [0.2, 0.25) is 0 Å². The molecule has 0 amide bonds. The van der Waals surface area contributed by atoms with E-state index in [-0.39, 0.29) is 12.0 Å². The molecule has 0 saturated carbocycles. The van der Waals surface area contributed by atoms with E-state index in [0.29, 0.717) is 19.8 Å². The predicted molar refractivity (Wildman–Crippen MR) is 82.2 cm³/mol. The van der Waals surface area contributed by atoms with Crippen LogP contribution in [0.25, 0.3) is 0 Å². The molecule has 5 heteroatoms. The number of benzene rings is 1. The molecule has 0 aliphatic carbocycles. The molecule has 1 aromatic rings. The Morgan fingerprint density at radius 3 is 2.64 bits per heavy atom. The number of piperidine rings is 1. The smallest absolute Gasteiger partial charge is 0.0991 e. The highest BCUT2D eigenvalue weighted by Gasteiger charge is 2.48. The van der Waals surface area contributed by atoms with Crippen LogP contribution in [0.1, 0.15) is 18.4 Å². The van der Waals surface area contributed by atoms with Crippen LogP contribution in [-0.2, 0) is 11.3 Å². The molecular formula is C17H25NO4. The van der Waals surface area contributed by atoms with Gasteiger partial charge < -0.3 is 20.1 Å². The van der Waals surface area contributed by atoms with Crippen LogP contribution in [0.4, 0.5) is 0 Å². The van der Waals surface area contributed by atoms with E-state index in [0.717, 1.165) is 24.9 Å². The number of hydrogen-bond acceptors (Lipinski definition) is 5. The molecule has 3 rings (SSSR count). The average Bonchev–Trinajstić information content (AvgIpc) is 2.82. The van der Waals surface area contributed by atoms with Gasteiger partial charge in [0.25, 0.3) is 0 Å². The minimum Gasteiger partial charge on any atom is -0.391 e. The summed E-state index contributed by atoms with van der Waals surface area (Å²) < 4.78 is 5.69. The zero-order valence-electron chi connectivity index (χ0n) is 12.7. The van der Waals surface area contributed by atoms with E-state index >= 15 is 0 Å². The second kappa shape index (κ2) is 7.06. The highest BCUT2D eigenvalue weighted by Crippen LogP contribution is 2.33. The Morgan fingerprint density at radius 2 is 1.86 bits per heavy atom. The third kappa shape index (κ3) is 3.34. The Hall–Kier alpha value is -0.980. The molecule has 0 spiro atoms.